The topological polar surface area (TPSA) is 49.7 Å². The summed E-state index contributed by atoms with van der Waals surface area (Å²) in [6.45, 7) is -0.0422. The number of benzene rings is 2. The Morgan fingerprint density at radius 2 is 1.81 bits per heavy atom. The molecule has 0 amide bonds. The van der Waals surface area contributed by atoms with Crippen LogP contribution in [0.5, 0.6) is 0 Å². The van der Waals surface area contributed by atoms with Gasteiger partial charge in [-0.1, -0.05) is 46.3 Å². The summed E-state index contributed by atoms with van der Waals surface area (Å²) >= 11 is 3.50. The van der Waals surface area contributed by atoms with Gasteiger partial charge in [-0.25, -0.2) is 0 Å². The quantitative estimate of drug-likeness (QED) is 0.754. The largest absolute Gasteiger partial charge is 0.394 e. The molecule has 138 valence electrons. The van der Waals surface area contributed by atoms with Crippen molar-refractivity contribution in [2.24, 2.45) is 0 Å². The van der Waals surface area contributed by atoms with Crippen LogP contribution in [-0.4, -0.2) is 29.0 Å². The van der Waals surface area contributed by atoms with E-state index in [1.807, 2.05) is 0 Å². The normalized spacial score (nSPS) is 26.0. The van der Waals surface area contributed by atoms with Gasteiger partial charge in [-0.2, -0.15) is 0 Å². The molecule has 2 aliphatic rings. The molecule has 2 aromatic rings. The molecule has 0 radical (unpaired) electrons. The van der Waals surface area contributed by atoms with Gasteiger partial charge in [-0.3, -0.25) is 0 Å². The van der Waals surface area contributed by atoms with Crippen LogP contribution in [0.1, 0.15) is 60.0 Å². The number of ether oxygens (including phenoxy) is 1. The van der Waals surface area contributed by atoms with Crippen molar-refractivity contribution in [3.63, 3.8) is 0 Å². The summed E-state index contributed by atoms with van der Waals surface area (Å²) in [4.78, 5) is 0. The van der Waals surface area contributed by atoms with E-state index in [1.54, 1.807) is 0 Å². The van der Waals surface area contributed by atoms with Gasteiger partial charge in [0.1, 0.15) is 0 Å². The van der Waals surface area contributed by atoms with Crippen LogP contribution in [0.2, 0.25) is 0 Å². The van der Waals surface area contributed by atoms with Crippen LogP contribution in [0.15, 0.2) is 46.9 Å². The molecule has 2 N–H and O–H groups in total. The van der Waals surface area contributed by atoms with Gasteiger partial charge in [0.15, 0.2) is 0 Å². The van der Waals surface area contributed by atoms with Crippen LogP contribution in [0.3, 0.4) is 0 Å². The zero-order valence-electron chi connectivity index (χ0n) is 14.8. The van der Waals surface area contributed by atoms with E-state index in [-0.39, 0.29) is 18.8 Å². The van der Waals surface area contributed by atoms with E-state index in [9.17, 15) is 10.2 Å². The molecule has 0 aromatic heterocycles. The molecule has 3 atom stereocenters. The Hall–Kier alpha value is -1.20. The summed E-state index contributed by atoms with van der Waals surface area (Å²) in [5.74, 6) is 0.692. The Labute approximate surface area is 163 Å². The van der Waals surface area contributed by atoms with Gasteiger partial charge < -0.3 is 14.9 Å². The summed E-state index contributed by atoms with van der Waals surface area (Å²) in [7, 11) is 0. The van der Waals surface area contributed by atoms with Crippen molar-refractivity contribution < 1.29 is 14.9 Å². The van der Waals surface area contributed by atoms with Gasteiger partial charge in [0.05, 0.1) is 24.9 Å². The van der Waals surface area contributed by atoms with Gasteiger partial charge in [-0.15, -0.1) is 0 Å². The number of halogens is 1. The first-order valence-corrected chi connectivity index (χ1v) is 10.2. The average molecular weight is 417 g/mol. The van der Waals surface area contributed by atoms with Gasteiger partial charge in [-0.05, 0) is 59.6 Å². The lowest BCUT2D eigenvalue weighted by Crippen LogP contribution is -2.33. The third-order valence-electron chi connectivity index (χ3n) is 5.45. The Morgan fingerprint density at radius 1 is 1.04 bits per heavy atom. The van der Waals surface area contributed by atoms with Crippen LogP contribution in [0.25, 0.3) is 0 Å². The van der Waals surface area contributed by atoms with E-state index < -0.39 is 6.10 Å². The molecular formula is C22H25BrO3. The number of aliphatic hydroxyl groups excluding tert-OH is 2. The molecule has 1 aliphatic heterocycles. The Balaban J connectivity index is 1.61. The van der Waals surface area contributed by atoms with Crippen molar-refractivity contribution in [1.82, 2.24) is 0 Å². The summed E-state index contributed by atoms with van der Waals surface area (Å²) in [5, 5.41) is 19.6. The second-order valence-corrected chi connectivity index (χ2v) is 8.51. The van der Waals surface area contributed by atoms with Gasteiger partial charge in [0, 0.05) is 17.3 Å². The fourth-order valence-corrected chi connectivity index (χ4v) is 4.18. The number of aliphatic hydroxyl groups is 2. The van der Waals surface area contributed by atoms with Crippen molar-refractivity contribution in [2.45, 2.75) is 56.3 Å². The molecule has 1 heterocycles. The minimum atomic E-state index is -0.413. The molecule has 1 saturated heterocycles. The lowest BCUT2D eigenvalue weighted by molar-refractivity contribution is -0.113. The summed E-state index contributed by atoms with van der Waals surface area (Å²) in [5.41, 5.74) is 5.21. The molecule has 2 aromatic carbocycles. The molecule has 0 bridgehead atoms. The third kappa shape index (κ3) is 4.20. The molecule has 2 fully saturated rings. The molecule has 0 spiro atoms. The second-order valence-electron chi connectivity index (χ2n) is 7.59. The van der Waals surface area contributed by atoms with Crippen LogP contribution in [0, 0.1) is 0 Å². The Bertz CT molecular complexity index is 754. The smallest absolute Gasteiger partial charge is 0.0854 e. The summed E-state index contributed by atoms with van der Waals surface area (Å²) in [6, 6.07) is 15.2. The van der Waals surface area contributed by atoms with Crippen LogP contribution in [-0.2, 0) is 11.2 Å². The zero-order chi connectivity index (χ0) is 18.1. The highest BCUT2D eigenvalue weighted by Gasteiger charge is 2.31. The van der Waals surface area contributed by atoms with Crippen molar-refractivity contribution in [3.8, 4) is 0 Å². The first kappa shape index (κ1) is 18.2. The van der Waals surface area contributed by atoms with E-state index in [0.29, 0.717) is 18.8 Å². The van der Waals surface area contributed by atoms with Gasteiger partial charge >= 0.3 is 0 Å². The zero-order valence-corrected chi connectivity index (χ0v) is 16.4. The third-order valence-corrected chi connectivity index (χ3v) is 5.97. The summed E-state index contributed by atoms with van der Waals surface area (Å²) < 4.78 is 7.11. The Morgan fingerprint density at radius 3 is 2.50 bits per heavy atom. The number of hydrogen-bond acceptors (Lipinski definition) is 3. The van der Waals surface area contributed by atoms with Crippen molar-refractivity contribution in [3.05, 3.63) is 69.2 Å². The lowest BCUT2D eigenvalue weighted by Gasteiger charge is -2.33. The molecule has 4 heteroatoms. The first-order valence-electron chi connectivity index (χ1n) is 9.44. The SMILES string of the molecule is OC[C@@H]1CC(O)C[C@H](c2ccc(C3CC3)c(Cc3ccc(Br)cc3)c2)O1. The average Bonchev–Trinajstić information content (AvgIpc) is 3.48. The molecule has 3 nitrogen and oxygen atoms in total. The lowest BCUT2D eigenvalue weighted by atomic mass is 9.90. The number of rotatable bonds is 5. The molecule has 26 heavy (non-hydrogen) atoms. The van der Waals surface area contributed by atoms with E-state index in [2.05, 4.69) is 58.4 Å². The molecule has 1 unspecified atom stereocenters. The van der Waals surface area contributed by atoms with Crippen LogP contribution >= 0.6 is 15.9 Å². The predicted octanol–water partition coefficient (Wildman–Crippen LogP) is 4.49. The van der Waals surface area contributed by atoms with E-state index in [4.69, 9.17) is 4.74 Å². The standard InChI is InChI=1S/C22H25BrO3/c23-18-6-1-14(2-7-18)9-17-10-16(5-8-21(17)15-3-4-15)22-12-19(25)11-20(13-24)26-22/h1-2,5-8,10,15,19-20,22,24-25H,3-4,9,11-13H2/t19?,20-,22+/m0/s1. The highest BCUT2D eigenvalue weighted by Crippen LogP contribution is 2.43. The molecular weight excluding hydrogens is 392 g/mol. The number of hydrogen-bond donors (Lipinski definition) is 2. The molecule has 1 aliphatic carbocycles. The predicted molar refractivity (Wildman–Crippen MR) is 105 cm³/mol. The Kier molecular flexibility index (Phi) is 5.46. The molecule has 4 rings (SSSR count). The maximum absolute atomic E-state index is 10.1. The van der Waals surface area contributed by atoms with Crippen LogP contribution in [0.4, 0.5) is 0 Å². The highest BCUT2D eigenvalue weighted by atomic mass is 79.9. The van der Waals surface area contributed by atoms with Crippen molar-refractivity contribution in [2.75, 3.05) is 6.61 Å². The van der Waals surface area contributed by atoms with E-state index >= 15 is 0 Å². The fourth-order valence-electron chi connectivity index (χ4n) is 3.92. The maximum Gasteiger partial charge on any atom is 0.0854 e. The minimum Gasteiger partial charge on any atom is -0.394 e. The van der Waals surface area contributed by atoms with Gasteiger partial charge in [0.2, 0.25) is 0 Å². The minimum absolute atomic E-state index is 0.0422. The highest BCUT2D eigenvalue weighted by molar-refractivity contribution is 9.10. The second kappa shape index (κ2) is 7.81. The maximum atomic E-state index is 10.1. The van der Waals surface area contributed by atoms with Crippen molar-refractivity contribution >= 4 is 15.9 Å². The first-order chi connectivity index (χ1) is 12.6. The van der Waals surface area contributed by atoms with E-state index in [1.165, 1.54) is 29.5 Å². The van der Waals surface area contributed by atoms with E-state index in [0.717, 1.165) is 16.5 Å². The summed E-state index contributed by atoms with van der Waals surface area (Å²) in [6.07, 6.45) is 3.73. The van der Waals surface area contributed by atoms with Crippen molar-refractivity contribution in [1.29, 1.82) is 0 Å². The van der Waals surface area contributed by atoms with Gasteiger partial charge in [0.25, 0.3) is 0 Å². The molecule has 1 saturated carbocycles. The fraction of sp³-hybridized carbons (Fsp3) is 0.455. The monoisotopic (exact) mass is 416 g/mol. The van der Waals surface area contributed by atoms with Crippen LogP contribution < -0.4 is 0 Å².